The molecular formula is C19H21N9O4S3. The Morgan fingerprint density at radius 1 is 1.11 bits per heavy atom. The molecule has 1 fully saturated rings. The fourth-order valence-electron chi connectivity index (χ4n) is 4.20. The summed E-state index contributed by atoms with van der Waals surface area (Å²) in [4.78, 5) is 3.25. The standard InChI is InChI=1S/C19H21N9O4S3/c20-19-23-16-12(4-1-5-13(16)33-19)11-6-7-14(35(31,32)26-10-3-2-8-22-9-10)17(34(21,29)30)15(11)18-24-27-28-25-18/h1,4-7,10,22,26H,2-3,8-9H2,(H2,20,23)(H2,21,29,30)(H,24,25,27,28)/t10-/m1/s1. The summed E-state index contributed by atoms with van der Waals surface area (Å²) in [5, 5.41) is 22.5. The fourth-order valence-corrected chi connectivity index (χ4v) is 7.84. The number of benzene rings is 2. The molecule has 3 heterocycles. The highest BCUT2D eigenvalue weighted by Gasteiger charge is 2.33. The van der Waals surface area contributed by atoms with Crippen molar-refractivity contribution >= 4 is 46.7 Å². The van der Waals surface area contributed by atoms with E-state index in [1.165, 1.54) is 23.5 Å². The number of anilines is 1. The number of hydrogen-bond acceptors (Lipinski definition) is 11. The maximum atomic E-state index is 13.4. The molecule has 0 aliphatic carbocycles. The summed E-state index contributed by atoms with van der Waals surface area (Å²) < 4.78 is 56.0. The minimum Gasteiger partial charge on any atom is -0.375 e. The van der Waals surface area contributed by atoms with Crippen molar-refractivity contribution in [3.8, 4) is 22.5 Å². The average Bonchev–Trinajstić information content (AvgIpc) is 3.46. The van der Waals surface area contributed by atoms with E-state index in [0.717, 1.165) is 17.7 Å². The Morgan fingerprint density at radius 3 is 2.63 bits per heavy atom. The molecule has 0 spiro atoms. The molecule has 1 saturated heterocycles. The third-order valence-corrected chi connectivity index (χ3v) is 9.16. The van der Waals surface area contributed by atoms with E-state index in [2.05, 4.69) is 35.6 Å². The molecule has 7 N–H and O–H groups in total. The second-order valence-electron chi connectivity index (χ2n) is 7.98. The number of tetrazole rings is 1. The smallest absolute Gasteiger partial charge is 0.242 e. The number of aromatic amines is 1. The molecule has 2 aromatic heterocycles. The lowest BCUT2D eigenvalue weighted by Crippen LogP contribution is -2.45. The predicted octanol–water partition coefficient (Wildman–Crippen LogP) is 0.403. The monoisotopic (exact) mass is 535 g/mol. The van der Waals surface area contributed by atoms with E-state index >= 15 is 0 Å². The van der Waals surface area contributed by atoms with Crippen molar-refractivity contribution in [2.24, 2.45) is 5.14 Å². The van der Waals surface area contributed by atoms with Crippen LogP contribution in [0.25, 0.3) is 32.7 Å². The van der Waals surface area contributed by atoms with Crippen LogP contribution in [0, 0.1) is 0 Å². The molecule has 184 valence electrons. The molecule has 0 unspecified atom stereocenters. The highest BCUT2D eigenvalue weighted by Crippen LogP contribution is 2.41. The summed E-state index contributed by atoms with van der Waals surface area (Å²) in [6.45, 7) is 1.21. The van der Waals surface area contributed by atoms with E-state index in [9.17, 15) is 16.8 Å². The number of piperidine rings is 1. The first-order valence-corrected chi connectivity index (χ1v) is 14.3. The molecule has 1 aliphatic rings. The molecule has 0 saturated carbocycles. The van der Waals surface area contributed by atoms with E-state index in [1.807, 2.05) is 6.07 Å². The van der Waals surface area contributed by atoms with Crippen molar-refractivity contribution in [3.63, 3.8) is 0 Å². The number of sulfonamides is 2. The van der Waals surface area contributed by atoms with Crippen molar-refractivity contribution in [2.75, 3.05) is 18.8 Å². The second kappa shape index (κ2) is 8.89. The van der Waals surface area contributed by atoms with E-state index in [0.29, 0.717) is 34.7 Å². The zero-order valence-electron chi connectivity index (χ0n) is 18.1. The Morgan fingerprint density at radius 2 is 1.94 bits per heavy atom. The molecule has 1 aliphatic heterocycles. The lowest BCUT2D eigenvalue weighted by molar-refractivity contribution is 0.428. The van der Waals surface area contributed by atoms with Gasteiger partial charge in [0.1, 0.15) is 9.79 Å². The summed E-state index contributed by atoms with van der Waals surface area (Å²) in [6.07, 6.45) is 1.39. The first kappa shape index (κ1) is 23.7. The summed E-state index contributed by atoms with van der Waals surface area (Å²) in [5.41, 5.74) is 7.17. The number of hydrogen-bond donors (Lipinski definition) is 5. The minimum atomic E-state index is -4.59. The van der Waals surface area contributed by atoms with Crippen molar-refractivity contribution in [3.05, 3.63) is 30.3 Å². The van der Waals surface area contributed by atoms with E-state index < -0.39 is 35.9 Å². The van der Waals surface area contributed by atoms with Gasteiger partial charge in [-0.2, -0.15) is 0 Å². The summed E-state index contributed by atoms with van der Waals surface area (Å²) in [7, 11) is -8.88. The molecule has 2 aromatic carbocycles. The van der Waals surface area contributed by atoms with Gasteiger partial charge in [-0.25, -0.2) is 36.8 Å². The number of para-hydroxylation sites is 1. The van der Waals surface area contributed by atoms with Gasteiger partial charge in [-0.05, 0) is 47.5 Å². The molecule has 13 nitrogen and oxygen atoms in total. The van der Waals surface area contributed by atoms with Gasteiger partial charge in [0.15, 0.2) is 11.0 Å². The van der Waals surface area contributed by atoms with Crippen LogP contribution in [0.3, 0.4) is 0 Å². The first-order valence-electron chi connectivity index (χ1n) is 10.5. The summed E-state index contributed by atoms with van der Waals surface area (Å²) in [5.74, 6) is -0.0689. The molecule has 4 aromatic rings. The quantitative estimate of drug-likeness (QED) is 0.229. The zero-order valence-corrected chi connectivity index (χ0v) is 20.5. The highest BCUT2D eigenvalue weighted by atomic mass is 32.2. The second-order valence-corrected chi connectivity index (χ2v) is 12.2. The topological polar surface area (TPSA) is 212 Å². The van der Waals surface area contributed by atoms with E-state index in [-0.39, 0.29) is 11.4 Å². The molecule has 35 heavy (non-hydrogen) atoms. The van der Waals surface area contributed by atoms with Gasteiger partial charge in [-0.3, -0.25) is 0 Å². The van der Waals surface area contributed by atoms with Gasteiger partial charge in [0.05, 0.1) is 15.8 Å². The van der Waals surface area contributed by atoms with Gasteiger partial charge in [0.25, 0.3) is 0 Å². The Hall–Kier alpha value is -3.02. The molecule has 5 rings (SSSR count). The van der Waals surface area contributed by atoms with Crippen molar-refractivity contribution in [1.29, 1.82) is 0 Å². The van der Waals surface area contributed by atoms with Crippen molar-refractivity contribution in [1.82, 2.24) is 35.6 Å². The number of nitrogens with zero attached hydrogens (tertiary/aromatic N) is 4. The maximum absolute atomic E-state index is 13.4. The lowest BCUT2D eigenvalue weighted by atomic mass is 9.98. The van der Waals surface area contributed by atoms with Gasteiger partial charge in [-0.1, -0.05) is 29.5 Å². The minimum absolute atomic E-state index is 0.0689. The Balaban J connectivity index is 1.79. The number of nitrogen functional groups attached to an aromatic ring is 1. The summed E-state index contributed by atoms with van der Waals surface area (Å²) >= 11 is 1.26. The number of fused-ring (bicyclic) bond motifs is 1. The van der Waals surface area contributed by atoms with Crippen LogP contribution in [0.1, 0.15) is 12.8 Å². The van der Waals surface area contributed by atoms with Crippen LogP contribution < -0.4 is 20.9 Å². The molecule has 16 heteroatoms. The van der Waals surface area contributed by atoms with Crippen LogP contribution in [0.2, 0.25) is 0 Å². The predicted molar refractivity (Wildman–Crippen MR) is 130 cm³/mol. The number of rotatable bonds is 6. The van der Waals surface area contributed by atoms with Gasteiger partial charge >= 0.3 is 0 Å². The average molecular weight is 536 g/mol. The maximum Gasteiger partial charge on any atom is 0.242 e. The lowest BCUT2D eigenvalue weighted by Gasteiger charge is -2.24. The molecule has 1 atom stereocenters. The van der Waals surface area contributed by atoms with Gasteiger partial charge in [-0.15, -0.1) is 5.10 Å². The van der Waals surface area contributed by atoms with Gasteiger partial charge in [0, 0.05) is 18.2 Å². The van der Waals surface area contributed by atoms with Crippen LogP contribution >= 0.6 is 11.3 Å². The number of thiazole rings is 1. The summed E-state index contributed by atoms with van der Waals surface area (Å²) in [6, 6.07) is 7.61. The SMILES string of the molecule is Nc1nc2c(-c3ccc(S(=O)(=O)N[C@@H]4CCCNC4)c(S(N)(=O)=O)c3-c3nnn[nH]3)cccc2s1. The number of primary sulfonamides is 1. The number of nitrogens with one attached hydrogen (secondary N) is 3. The number of H-pyrrole nitrogens is 1. The number of aromatic nitrogens is 5. The van der Waals surface area contributed by atoms with Crippen LogP contribution in [-0.2, 0) is 20.0 Å². The normalized spacial score (nSPS) is 17.1. The third-order valence-electron chi connectivity index (χ3n) is 5.62. The molecule has 0 amide bonds. The van der Waals surface area contributed by atoms with Gasteiger partial charge in [0.2, 0.25) is 20.0 Å². The molecule has 0 radical (unpaired) electrons. The van der Waals surface area contributed by atoms with Crippen LogP contribution in [0.5, 0.6) is 0 Å². The van der Waals surface area contributed by atoms with E-state index in [1.54, 1.807) is 12.1 Å². The van der Waals surface area contributed by atoms with Crippen LogP contribution in [-0.4, -0.2) is 61.6 Å². The first-order chi connectivity index (χ1) is 16.6. The number of nitrogens with two attached hydrogens (primary N) is 2. The van der Waals surface area contributed by atoms with Crippen LogP contribution in [0.4, 0.5) is 5.13 Å². The van der Waals surface area contributed by atoms with E-state index in [4.69, 9.17) is 10.9 Å². The van der Waals surface area contributed by atoms with Gasteiger partial charge < -0.3 is 11.1 Å². The Kier molecular flexibility index (Phi) is 6.02. The van der Waals surface area contributed by atoms with Crippen molar-refractivity contribution in [2.45, 2.75) is 28.7 Å². The Labute approximate surface area is 204 Å². The zero-order chi connectivity index (χ0) is 24.8. The molecule has 0 bridgehead atoms. The highest BCUT2D eigenvalue weighted by molar-refractivity contribution is 7.92. The largest absolute Gasteiger partial charge is 0.375 e. The van der Waals surface area contributed by atoms with Crippen molar-refractivity contribution < 1.29 is 16.8 Å². The Bertz CT molecular complexity index is 1610. The fraction of sp³-hybridized carbons (Fsp3) is 0.263. The van der Waals surface area contributed by atoms with Crippen LogP contribution in [0.15, 0.2) is 40.1 Å². The third kappa shape index (κ3) is 4.51. The molecular weight excluding hydrogens is 514 g/mol.